The zero-order valence-electron chi connectivity index (χ0n) is 16.1. The normalized spacial score (nSPS) is 21.7. The Morgan fingerprint density at radius 1 is 1.10 bits per heavy atom. The van der Waals surface area contributed by atoms with E-state index in [-0.39, 0.29) is 23.4 Å². The second-order valence-electron chi connectivity index (χ2n) is 7.84. The van der Waals surface area contributed by atoms with Gasteiger partial charge in [-0.1, -0.05) is 30.3 Å². The Morgan fingerprint density at radius 2 is 1.80 bits per heavy atom. The van der Waals surface area contributed by atoms with Gasteiger partial charge >= 0.3 is 6.18 Å². The SMILES string of the molecule is CC1(O)CC(Nc2nnc(-c3ccc(/C=C/C(F)(F)F)cc3O)c3ccccc23)C1. The van der Waals surface area contributed by atoms with Gasteiger partial charge in [0.2, 0.25) is 0 Å². The summed E-state index contributed by atoms with van der Waals surface area (Å²) in [6.07, 6.45) is -2.19. The van der Waals surface area contributed by atoms with Gasteiger partial charge in [-0.3, -0.25) is 0 Å². The van der Waals surface area contributed by atoms with Crippen molar-refractivity contribution in [2.45, 2.75) is 37.6 Å². The van der Waals surface area contributed by atoms with Crippen molar-refractivity contribution in [1.29, 1.82) is 0 Å². The number of anilines is 1. The lowest BCUT2D eigenvalue weighted by Crippen LogP contribution is -2.48. The molecule has 1 heterocycles. The van der Waals surface area contributed by atoms with E-state index in [1.54, 1.807) is 6.92 Å². The highest BCUT2D eigenvalue weighted by atomic mass is 19.4. The molecule has 0 saturated heterocycles. The second kappa shape index (κ2) is 7.28. The average Bonchev–Trinajstić information content (AvgIpc) is 2.65. The van der Waals surface area contributed by atoms with Crippen molar-refractivity contribution >= 4 is 22.7 Å². The Bertz CT molecular complexity index is 1120. The predicted molar refractivity (Wildman–Crippen MR) is 109 cm³/mol. The van der Waals surface area contributed by atoms with Gasteiger partial charge in [0.1, 0.15) is 11.4 Å². The van der Waals surface area contributed by atoms with Crippen molar-refractivity contribution in [2.24, 2.45) is 0 Å². The molecule has 1 saturated carbocycles. The van der Waals surface area contributed by atoms with Crippen molar-refractivity contribution in [3.63, 3.8) is 0 Å². The van der Waals surface area contributed by atoms with E-state index < -0.39 is 11.8 Å². The number of benzene rings is 2. The molecule has 0 unspecified atom stereocenters. The van der Waals surface area contributed by atoms with Crippen LogP contribution in [0.4, 0.5) is 19.0 Å². The summed E-state index contributed by atoms with van der Waals surface area (Å²) in [5.41, 5.74) is 0.359. The van der Waals surface area contributed by atoms with Crippen LogP contribution >= 0.6 is 0 Å². The topological polar surface area (TPSA) is 78.3 Å². The molecule has 1 aromatic heterocycles. The fraction of sp³-hybridized carbons (Fsp3) is 0.273. The molecule has 0 spiro atoms. The largest absolute Gasteiger partial charge is 0.507 e. The van der Waals surface area contributed by atoms with Crippen molar-refractivity contribution in [1.82, 2.24) is 10.2 Å². The van der Waals surface area contributed by atoms with Crippen LogP contribution in [0.3, 0.4) is 0 Å². The molecule has 0 atom stereocenters. The molecule has 0 amide bonds. The maximum Gasteiger partial charge on any atom is 0.409 e. The summed E-state index contributed by atoms with van der Waals surface area (Å²) >= 11 is 0. The second-order valence-corrected chi connectivity index (χ2v) is 7.84. The molecule has 30 heavy (non-hydrogen) atoms. The molecule has 5 nitrogen and oxygen atoms in total. The van der Waals surface area contributed by atoms with Crippen LogP contribution in [-0.2, 0) is 0 Å². The minimum atomic E-state index is -4.42. The van der Waals surface area contributed by atoms with E-state index in [2.05, 4.69) is 15.5 Å². The lowest BCUT2D eigenvalue weighted by Gasteiger charge is -2.41. The third-order valence-electron chi connectivity index (χ3n) is 5.14. The van der Waals surface area contributed by atoms with E-state index in [1.165, 1.54) is 18.2 Å². The summed E-state index contributed by atoms with van der Waals surface area (Å²) in [6, 6.07) is 11.8. The van der Waals surface area contributed by atoms with Gasteiger partial charge in [-0.2, -0.15) is 13.2 Å². The Morgan fingerprint density at radius 3 is 2.43 bits per heavy atom. The Kier molecular flexibility index (Phi) is 4.89. The number of aromatic nitrogens is 2. The first-order valence-electron chi connectivity index (χ1n) is 9.45. The monoisotopic (exact) mass is 415 g/mol. The van der Waals surface area contributed by atoms with Crippen LogP contribution in [0.25, 0.3) is 28.1 Å². The van der Waals surface area contributed by atoms with E-state index in [4.69, 9.17) is 0 Å². The summed E-state index contributed by atoms with van der Waals surface area (Å²) in [7, 11) is 0. The number of fused-ring (bicyclic) bond motifs is 1. The number of halogens is 3. The van der Waals surface area contributed by atoms with Gasteiger partial charge < -0.3 is 15.5 Å². The number of aromatic hydroxyl groups is 1. The molecule has 1 aliphatic carbocycles. The van der Waals surface area contributed by atoms with E-state index in [9.17, 15) is 23.4 Å². The molecule has 3 N–H and O–H groups in total. The van der Waals surface area contributed by atoms with Crippen LogP contribution in [-0.4, -0.2) is 38.2 Å². The number of rotatable bonds is 4. The molecule has 4 rings (SSSR count). The first-order valence-corrected chi connectivity index (χ1v) is 9.45. The molecular formula is C22H20F3N3O2. The first-order chi connectivity index (χ1) is 14.1. The maximum absolute atomic E-state index is 12.4. The zero-order chi connectivity index (χ0) is 21.5. The number of aliphatic hydroxyl groups is 1. The number of phenolic OH excluding ortho intramolecular Hbond substituents is 1. The van der Waals surface area contributed by atoms with E-state index in [0.717, 1.165) is 16.8 Å². The van der Waals surface area contributed by atoms with Gasteiger partial charge in [-0.15, -0.1) is 10.2 Å². The van der Waals surface area contributed by atoms with Gasteiger partial charge in [-0.25, -0.2) is 0 Å². The Labute approximate surface area is 170 Å². The summed E-state index contributed by atoms with van der Waals surface area (Å²) in [5, 5.41) is 33.7. The fourth-order valence-corrected chi connectivity index (χ4v) is 3.75. The molecule has 1 aliphatic rings. The van der Waals surface area contributed by atoms with Gasteiger partial charge in [0.05, 0.1) is 5.60 Å². The smallest absolute Gasteiger partial charge is 0.409 e. The van der Waals surface area contributed by atoms with E-state index >= 15 is 0 Å². The highest BCUT2D eigenvalue weighted by molar-refractivity contribution is 6.01. The van der Waals surface area contributed by atoms with Gasteiger partial charge in [0.25, 0.3) is 0 Å². The van der Waals surface area contributed by atoms with Crippen LogP contribution in [0.1, 0.15) is 25.3 Å². The van der Waals surface area contributed by atoms with Crippen LogP contribution in [0, 0.1) is 0 Å². The number of nitrogens with zero attached hydrogens (tertiary/aromatic N) is 2. The average molecular weight is 415 g/mol. The van der Waals surface area contributed by atoms with Crippen molar-refractivity contribution in [2.75, 3.05) is 5.32 Å². The summed E-state index contributed by atoms with van der Waals surface area (Å²) in [5.74, 6) is 0.397. The molecule has 0 radical (unpaired) electrons. The molecule has 3 aromatic rings. The highest BCUT2D eigenvalue weighted by Crippen LogP contribution is 2.38. The third kappa shape index (κ3) is 4.23. The molecule has 8 heteroatoms. The third-order valence-corrected chi connectivity index (χ3v) is 5.14. The van der Waals surface area contributed by atoms with Crippen LogP contribution < -0.4 is 5.32 Å². The first kappa shape index (κ1) is 20.2. The molecule has 156 valence electrons. The van der Waals surface area contributed by atoms with Crippen molar-refractivity contribution < 1.29 is 23.4 Å². The molecule has 1 fully saturated rings. The predicted octanol–water partition coefficient (Wildman–Crippen LogP) is 4.90. The molecule has 0 aliphatic heterocycles. The standard InChI is InChI=1S/C22H20F3N3O2/c1-21(30)11-14(12-21)26-20-16-5-3-2-4-15(16)19(27-28-20)17-7-6-13(10-18(17)29)8-9-22(23,24)25/h2-10,14,29-30H,11-12H2,1H3,(H,26,28)/b9-8+. The van der Waals surface area contributed by atoms with Gasteiger partial charge in [0.15, 0.2) is 5.82 Å². The minimum Gasteiger partial charge on any atom is -0.507 e. The number of hydrogen-bond acceptors (Lipinski definition) is 5. The summed E-state index contributed by atoms with van der Waals surface area (Å²) in [6.45, 7) is 1.79. The van der Waals surface area contributed by atoms with Crippen LogP contribution in [0.15, 0.2) is 48.5 Å². The van der Waals surface area contributed by atoms with Crippen molar-refractivity contribution in [3.8, 4) is 17.0 Å². The fourth-order valence-electron chi connectivity index (χ4n) is 3.75. The lowest BCUT2D eigenvalue weighted by atomic mass is 9.77. The molecule has 2 aromatic carbocycles. The Balaban J connectivity index is 1.68. The maximum atomic E-state index is 12.4. The zero-order valence-corrected chi connectivity index (χ0v) is 16.1. The quantitative estimate of drug-likeness (QED) is 0.565. The summed E-state index contributed by atoms with van der Waals surface area (Å²) in [4.78, 5) is 0. The van der Waals surface area contributed by atoms with Crippen LogP contribution in [0.5, 0.6) is 5.75 Å². The Hall–Kier alpha value is -3.13. The molecule has 0 bridgehead atoms. The number of alkyl halides is 3. The molecular weight excluding hydrogens is 395 g/mol. The number of phenols is 1. The number of hydrogen-bond donors (Lipinski definition) is 3. The van der Waals surface area contributed by atoms with Gasteiger partial charge in [-0.05, 0) is 43.5 Å². The van der Waals surface area contributed by atoms with Crippen LogP contribution in [0.2, 0.25) is 0 Å². The highest BCUT2D eigenvalue weighted by Gasteiger charge is 2.38. The minimum absolute atomic E-state index is 0.0941. The number of allylic oxidation sites excluding steroid dienone is 1. The lowest BCUT2D eigenvalue weighted by molar-refractivity contribution is -0.0790. The number of nitrogens with one attached hydrogen (secondary N) is 1. The van der Waals surface area contributed by atoms with Gasteiger partial charge in [0, 0.05) is 28.5 Å². The van der Waals surface area contributed by atoms with Crippen molar-refractivity contribution in [3.05, 3.63) is 54.1 Å². The van der Waals surface area contributed by atoms with E-state index in [1.807, 2.05) is 24.3 Å². The van der Waals surface area contributed by atoms with E-state index in [0.29, 0.717) is 29.9 Å². The summed E-state index contributed by atoms with van der Waals surface area (Å²) < 4.78 is 37.1.